The van der Waals surface area contributed by atoms with Gasteiger partial charge in [-0.1, -0.05) is 60.7 Å². The largest absolute Gasteiger partial charge is 0.493 e. The van der Waals surface area contributed by atoms with Gasteiger partial charge in [0.25, 0.3) is 0 Å². The summed E-state index contributed by atoms with van der Waals surface area (Å²) in [6, 6.07) is 25.1. The van der Waals surface area contributed by atoms with Crippen LogP contribution < -0.4 is 9.47 Å². The van der Waals surface area contributed by atoms with Crippen LogP contribution >= 0.6 is 11.8 Å². The van der Waals surface area contributed by atoms with Gasteiger partial charge in [0.2, 0.25) is 0 Å². The van der Waals surface area contributed by atoms with E-state index in [0.717, 1.165) is 37.4 Å². The number of hydrogen-bond donors (Lipinski definition) is 0. The van der Waals surface area contributed by atoms with Gasteiger partial charge in [-0.15, -0.1) is 0 Å². The van der Waals surface area contributed by atoms with Crippen LogP contribution in [0.2, 0.25) is 0 Å². The summed E-state index contributed by atoms with van der Waals surface area (Å²) in [6.07, 6.45) is 1.78. The zero-order valence-electron chi connectivity index (χ0n) is 16.4. The van der Waals surface area contributed by atoms with Crippen LogP contribution in [0.5, 0.6) is 11.5 Å². The fourth-order valence-corrected chi connectivity index (χ4v) is 3.31. The van der Waals surface area contributed by atoms with Crippen LogP contribution in [0, 0.1) is 0 Å². The summed E-state index contributed by atoms with van der Waals surface area (Å²) in [5.74, 6) is 1.49. The first kappa shape index (κ1) is 20.2. The standard InChI is InChI=1S/C24H26ClNO2/c1-27-23-13-10-20(18-24(23)28-2)15-17-26(25)16-14-19-8-11-22(12-9-19)21-6-4-3-5-7-21/h3-13,18H,14-17H2,1-2H3. The molecule has 0 saturated carbocycles. The lowest BCUT2D eigenvalue weighted by Gasteiger charge is -2.15. The van der Waals surface area contributed by atoms with E-state index in [9.17, 15) is 0 Å². The minimum Gasteiger partial charge on any atom is -0.493 e. The highest BCUT2D eigenvalue weighted by atomic mass is 35.5. The zero-order chi connectivity index (χ0) is 19.8. The summed E-state index contributed by atoms with van der Waals surface area (Å²) in [5, 5.41) is 0. The normalized spacial score (nSPS) is 10.9. The lowest BCUT2D eigenvalue weighted by molar-refractivity contribution is 0.354. The molecular formula is C24H26ClNO2. The predicted molar refractivity (Wildman–Crippen MR) is 116 cm³/mol. The number of nitrogens with zero attached hydrogens (tertiary/aromatic N) is 1. The highest BCUT2D eigenvalue weighted by molar-refractivity contribution is 6.13. The quantitative estimate of drug-likeness (QED) is 0.439. The molecule has 0 aliphatic carbocycles. The van der Waals surface area contributed by atoms with Crippen molar-refractivity contribution in [1.29, 1.82) is 0 Å². The summed E-state index contributed by atoms with van der Waals surface area (Å²) < 4.78 is 12.5. The maximum Gasteiger partial charge on any atom is 0.160 e. The molecule has 0 bridgehead atoms. The number of hydrogen-bond acceptors (Lipinski definition) is 3. The van der Waals surface area contributed by atoms with Gasteiger partial charge in [-0.25, -0.2) is 4.42 Å². The van der Waals surface area contributed by atoms with Crippen molar-refractivity contribution in [3.8, 4) is 22.6 Å². The molecule has 3 rings (SSSR count). The molecule has 0 aliphatic rings. The van der Waals surface area contributed by atoms with Crippen LogP contribution in [0.3, 0.4) is 0 Å². The summed E-state index contributed by atoms with van der Waals surface area (Å²) in [7, 11) is 3.29. The van der Waals surface area contributed by atoms with Crippen molar-refractivity contribution in [1.82, 2.24) is 4.42 Å². The number of halogens is 1. The molecule has 0 aromatic heterocycles. The number of ether oxygens (including phenoxy) is 2. The third-order valence-electron chi connectivity index (χ3n) is 4.80. The molecule has 0 heterocycles. The molecule has 3 nitrogen and oxygen atoms in total. The summed E-state index contributed by atoms with van der Waals surface area (Å²) in [6.45, 7) is 1.58. The maximum atomic E-state index is 6.42. The van der Waals surface area contributed by atoms with E-state index in [-0.39, 0.29) is 0 Å². The first-order valence-electron chi connectivity index (χ1n) is 9.45. The molecule has 0 unspecified atom stereocenters. The molecule has 4 heteroatoms. The molecule has 3 aromatic carbocycles. The maximum absolute atomic E-state index is 6.42. The average Bonchev–Trinajstić information content (AvgIpc) is 2.77. The smallest absolute Gasteiger partial charge is 0.160 e. The lowest BCUT2D eigenvalue weighted by Crippen LogP contribution is -2.18. The van der Waals surface area contributed by atoms with Crippen molar-refractivity contribution in [3.63, 3.8) is 0 Å². The Morgan fingerprint density at radius 2 is 1.25 bits per heavy atom. The molecule has 0 N–H and O–H groups in total. The Morgan fingerprint density at radius 3 is 1.89 bits per heavy atom. The van der Waals surface area contributed by atoms with Crippen LogP contribution in [-0.2, 0) is 12.8 Å². The second-order valence-corrected chi connectivity index (χ2v) is 7.14. The number of benzene rings is 3. The van der Waals surface area contributed by atoms with Crippen molar-refractivity contribution in [2.24, 2.45) is 0 Å². The van der Waals surface area contributed by atoms with Crippen molar-refractivity contribution in [3.05, 3.63) is 83.9 Å². The summed E-state index contributed by atoms with van der Waals surface area (Å²) in [5.41, 5.74) is 4.94. The summed E-state index contributed by atoms with van der Waals surface area (Å²) in [4.78, 5) is 0. The van der Waals surface area contributed by atoms with Crippen molar-refractivity contribution in [2.45, 2.75) is 12.8 Å². The van der Waals surface area contributed by atoms with E-state index in [0.29, 0.717) is 0 Å². The van der Waals surface area contributed by atoms with E-state index in [4.69, 9.17) is 21.3 Å². The average molecular weight is 396 g/mol. The molecule has 0 saturated heterocycles. The Kier molecular flexibility index (Phi) is 7.35. The van der Waals surface area contributed by atoms with E-state index in [2.05, 4.69) is 48.5 Å². The fourth-order valence-electron chi connectivity index (χ4n) is 3.14. The Labute approximate surface area is 172 Å². The third kappa shape index (κ3) is 5.51. The van der Waals surface area contributed by atoms with Gasteiger partial charge in [0.15, 0.2) is 11.5 Å². The van der Waals surface area contributed by atoms with Gasteiger partial charge in [0.05, 0.1) is 14.2 Å². The second-order valence-electron chi connectivity index (χ2n) is 6.66. The second kappa shape index (κ2) is 10.2. The van der Waals surface area contributed by atoms with Crippen LogP contribution in [0.25, 0.3) is 11.1 Å². The highest BCUT2D eigenvalue weighted by Crippen LogP contribution is 2.27. The van der Waals surface area contributed by atoms with Gasteiger partial charge < -0.3 is 9.47 Å². The van der Waals surface area contributed by atoms with Gasteiger partial charge in [0.1, 0.15) is 0 Å². The molecule has 146 valence electrons. The topological polar surface area (TPSA) is 21.7 Å². The van der Waals surface area contributed by atoms with E-state index >= 15 is 0 Å². The molecule has 0 fully saturated rings. The van der Waals surface area contributed by atoms with Gasteiger partial charge in [-0.05, 0) is 59.0 Å². The van der Waals surface area contributed by atoms with E-state index in [1.165, 1.54) is 22.3 Å². The highest BCUT2D eigenvalue weighted by Gasteiger charge is 2.07. The summed E-state index contributed by atoms with van der Waals surface area (Å²) >= 11 is 6.42. The van der Waals surface area contributed by atoms with E-state index in [1.54, 1.807) is 14.2 Å². The first-order chi connectivity index (χ1) is 13.7. The van der Waals surface area contributed by atoms with Crippen LogP contribution in [0.1, 0.15) is 11.1 Å². The van der Waals surface area contributed by atoms with Crippen LogP contribution in [0.4, 0.5) is 0 Å². The fraction of sp³-hybridized carbons (Fsp3) is 0.250. The van der Waals surface area contributed by atoms with Gasteiger partial charge in [-0.3, -0.25) is 0 Å². The molecule has 3 aromatic rings. The number of rotatable bonds is 9. The van der Waals surface area contributed by atoms with Gasteiger partial charge in [-0.2, -0.15) is 0 Å². The molecule has 0 spiro atoms. The van der Waals surface area contributed by atoms with Gasteiger partial charge >= 0.3 is 0 Å². The SMILES string of the molecule is COc1ccc(CCN(Cl)CCc2ccc(-c3ccccc3)cc2)cc1OC. The van der Waals surface area contributed by atoms with E-state index in [1.807, 2.05) is 28.7 Å². The molecular weight excluding hydrogens is 370 g/mol. The van der Waals surface area contributed by atoms with Crippen LogP contribution in [0.15, 0.2) is 72.8 Å². The Bertz CT molecular complexity index is 866. The minimum atomic E-state index is 0.743. The molecule has 0 amide bonds. The van der Waals surface area contributed by atoms with Crippen LogP contribution in [-0.4, -0.2) is 31.7 Å². The minimum absolute atomic E-state index is 0.743. The van der Waals surface area contributed by atoms with Crippen molar-refractivity contribution in [2.75, 3.05) is 27.3 Å². The number of methoxy groups -OCH3 is 2. The molecule has 28 heavy (non-hydrogen) atoms. The monoisotopic (exact) mass is 395 g/mol. The Hall–Kier alpha value is -2.49. The lowest BCUT2D eigenvalue weighted by atomic mass is 10.0. The van der Waals surface area contributed by atoms with Crippen molar-refractivity contribution < 1.29 is 9.47 Å². The zero-order valence-corrected chi connectivity index (χ0v) is 17.2. The van der Waals surface area contributed by atoms with Gasteiger partial charge in [0, 0.05) is 13.1 Å². The van der Waals surface area contributed by atoms with Crippen molar-refractivity contribution >= 4 is 11.8 Å². The first-order valence-corrected chi connectivity index (χ1v) is 9.79. The molecule has 0 aliphatic heterocycles. The van der Waals surface area contributed by atoms with E-state index < -0.39 is 0 Å². The third-order valence-corrected chi connectivity index (χ3v) is 5.13. The Balaban J connectivity index is 1.48. The molecule has 0 atom stereocenters. The molecule has 0 radical (unpaired) electrons. The Morgan fingerprint density at radius 1 is 0.679 bits per heavy atom. The predicted octanol–water partition coefficient (Wildman–Crippen LogP) is 5.61.